The molecule has 0 aromatic carbocycles. The minimum atomic E-state index is -0.713. The van der Waals surface area contributed by atoms with Crippen molar-refractivity contribution in [2.75, 3.05) is 39.4 Å². The summed E-state index contributed by atoms with van der Waals surface area (Å²) in [6.07, 6.45) is 6.83. The Morgan fingerprint density at radius 2 is 1.67 bits per heavy atom. The number of hydrogen-bond donors (Lipinski definition) is 2. The van der Waals surface area contributed by atoms with Crippen molar-refractivity contribution in [2.24, 2.45) is 11.8 Å². The molecule has 2 fully saturated rings. The van der Waals surface area contributed by atoms with Crippen LogP contribution in [0.4, 0.5) is 4.79 Å². The first-order chi connectivity index (χ1) is 21.1. The minimum absolute atomic E-state index is 0.0327. The first-order valence-electron chi connectivity index (χ1n) is 16.1. The van der Waals surface area contributed by atoms with Gasteiger partial charge in [0.05, 0.1) is 31.2 Å². The number of ether oxygens (including phenoxy) is 3. The second kappa shape index (κ2) is 16.2. The SMILES string of the molecule is CC(C)(C)OC(=O)C[C@H](NC(=O)C1CCCN(C(=O)CCC2CCN(C(=O)OC(C)(C)C)CC2)C1)c1cncc(OCCO)c1. The first-order valence-corrected chi connectivity index (χ1v) is 16.1. The summed E-state index contributed by atoms with van der Waals surface area (Å²) in [4.78, 5) is 59.5. The van der Waals surface area contributed by atoms with E-state index in [1.807, 2.05) is 20.8 Å². The van der Waals surface area contributed by atoms with Gasteiger partial charge in [-0.2, -0.15) is 0 Å². The molecule has 45 heavy (non-hydrogen) atoms. The van der Waals surface area contributed by atoms with Crippen LogP contribution in [-0.4, -0.2) is 94.4 Å². The molecular weight excluding hydrogens is 580 g/mol. The number of pyridine rings is 1. The number of carbonyl (C=O) groups is 4. The number of nitrogens with one attached hydrogen (secondary N) is 1. The molecule has 2 saturated heterocycles. The largest absolute Gasteiger partial charge is 0.490 e. The van der Waals surface area contributed by atoms with Crippen molar-refractivity contribution in [3.8, 4) is 5.75 Å². The highest BCUT2D eigenvalue weighted by molar-refractivity contribution is 5.82. The predicted octanol–water partition coefficient (Wildman–Crippen LogP) is 4.01. The Morgan fingerprint density at radius 1 is 0.978 bits per heavy atom. The lowest BCUT2D eigenvalue weighted by Gasteiger charge is -2.35. The maximum absolute atomic E-state index is 13.5. The number of piperidine rings is 2. The fraction of sp³-hybridized carbons (Fsp3) is 0.727. The summed E-state index contributed by atoms with van der Waals surface area (Å²) < 4.78 is 16.5. The zero-order chi connectivity index (χ0) is 33.2. The highest BCUT2D eigenvalue weighted by Crippen LogP contribution is 2.27. The first kappa shape index (κ1) is 36.1. The van der Waals surface area contributed by atoms with E-state index in [-0.39, 0.29) is 37.5 Å². The van der Waals surface area contributed by atoms with Gasteiger partial charge in [0.1, 0.15) is 23.6 Å². The maximum atomic E-state index is 13.5. The van der Waals surface area contributed by atoms with Crippen LogP contribution >= 0.6 is 0 Å². The van der Waals surface area contributed by atoms with Gasteiger partial charge >= 0.3 is 12.1 Å². The van der Waals surface area contributed by atoms with Gasteiger partial charge in [0.15, 0.2) is 0 Å². The fourth-order valence-electron chi connectivity index (χ4n) is 5.59. The molecule has 2 aliphatic rings. The average Bonchev–Trinajstić information content (AvgIpc) is 2.97. The van der Waals surface area contributed by atoms with Crippen LogP contribution < -0.4 is 10.1 Å². The molecule has 0 saturated carbocycles. The summed E-state index contributed by atoms with van der Waals surface area (Å²) in [5, 5.41) is 12.1. The average molecular weight is 633 g/mol. The van der Waals surface area contributed by atoms with Crippen LogP contribution in [0.5, 0.6) is 5.75 Å². The van der Waals surface area contributed by atoms with Crippen molar-refractivity contribution in [2.45, 2.75) is 104 Å². The summed E-state index contributed by atoms with van der Waals surface area (Å²) in [7, 11) is 0. The van der Waals surface area contributed by atoms with Crippen molar-refractivity contribution < 1.29 is 38.5 Å². The van der Waals surface area contributed by atoms with Gasteiger partial charge in [0, 0.05) is 38.8 Å². The van der Waals surface area contributed by atoms with Crippen LogP contribution in [0.15, 0.2) is 18.5 Å². The van der Waals surface area contributed by atoms with Gasteiger partial charge < -0.3 is 34.4 Å². The lowest BCUT2D eigenvalue weighted by molar-refractivity contribution is -0.155. The molecule has 2 atom stereocenters. The number of rotatable bonds is 11. The summed E-state index contributed by atoms with van der Waals surface area (Å²) in [5.41, 5.74) is -0.637. The van der Waals surface area contributed by atoms with Crippen molar-refractivity contribution in [1.82, 2.24) is 20.1 Å². The molecule has 12 heteroatoms. The third kappa shape index (κ3) is 12.5. The van der Waals surface area contributed by atoms with Gasteiger partial charge in [0.2, 0.25) is 11.8 Å². The van der Waals surface area contributed by atoms with Gasteiger partial charge in [-0.1, -0.05) is 0 Å². The van der Waals surface area contributed by atoms with Crippen LogP contribution in [0.2, 0.25) is 0 Å². The van der Waals surface area contributed by atoms with Crippen molar-refractivity contribution in [1.29, 1.82) is 0 Å². The Balaban J connectivity index is 1.56. The van der Waals surface area contributed by atoms with Crippen molar-refractivity contribution in [3.63, 3.8) is 0 Å². The van der Waals surface area contributed by atoms with Crippen LogP contribution in [0.3, 0.4) is 0 Å². The van der Waals surface area contributed by atoms with E-state index in [4.69, 9.17) is 19.3 Å². The quantitative estimate of drug-likeness (QED) is 0.345. The molecule has 0 aliphatic carbocycles. The Labute approximate surface area is 267 Å². The molecule has 3 rings (SSSR count). The molecule has 252 valence electrons. The second-order valence-corrected chi connectivity index (χ2v) is 14.0. The van der Waals surface area contributed by atoms with Crippen molar-refractivity contribution in [3.05, 3.63) is 24.0 Å². The molecule has 2 N–H and O–H groups in total. The second-order valence-electron chi connectivity index (χ2n) is 14.0. The van der Waals surface area contributed by atoms with E-state index in [2.05, 4.69) is 10.3 Å². The molecule has 0 bridgehead atoms. The van der Waals surface area contributed by atoms with E-state index in [9.17, 15) is 19.2 Å². The molecule has 0 radical (unpaired) electrons. The molecule has 3 amide bonds. The van der Waals surface area contributed by atoms with Crippen LogP contribution in [0, 0.1) is 11.8 Å². The Bertz CT molecular complexity index is 1150. The van der Waals surface area contributed by atoms with Crippen molar-refractivity contribution >= 4 is 23.9 Å². The summed E-state index contributed by atoms with van der Waals surface area (Å²) in [6, 6.07) is 0.974. The third-order valence-electron chi connectivity index (χ3n) is 7.78. The lowest BCUT2D eigenvalue weighted by Crippen LogP contribution is -2.46. The highest BCUT2D eigenvalue weighted by atomic mass is 16.6. The highest BCUT2D eigenvalue weighted by Gasteiger charge is 2.32. The Morgan fingerprint density at radius 3 is 2.31 bits per heavy atom. The molecule has 1 aromatic heterocycles. The zero-order valence-electron chi connectivity index (χ0n) is 27.8. The van der Waals surface area contributed by atoms with Gasteiger partial charge in [-0.05, 0) is 91.2 Å². The molecule has 1 aromatic rings. The fourth-order valence-corrected chi connectivity index (χ4v) is 5.59. The number of likely N-dealkylation sites (tertiary alicyclic amines) is 2. The maximum Gasteiger partial charge on any atom is 0.410 e. The molecule has 0 spiro atoms. The van der Waals surface area contributed by atoms with E-state index >= 15 is 0 Å². The van der Waals surface area contributed by atoms with E-state index in [1.165, 1.54) is 6.20 Å². The van der Waals surface area contributed by atoms with Gasteiger partial charge in [-0.3, -0.25) is 19.4 Å². The van der Waals surface area contributed by atoms with Crippen LogP contribution in [0.25, 0.3) is 0 Å². The number of aromatic nitrogens is 1. The number of hydrogen-bond acceptors (Lipinski definition) is 9. The van der Waals surface area contributed by atoms with Crippen LogP contribution in [-0.2, 0) is 23.9 Å². The summed E-state index contributed by atoms with van der Waals surface area (Å²) in [6.45, 7) is 13.0. The van der Waals surface area contributed by atoms with E-state index in [1.54, 1.807) is 42.8 Å². The molecular formula is C33H52N4O8. The number of amides is 3. The Kier molecular flexibility index (Phi) is 13.0. The van der Waals surface area contributed by atoms with Crippen LogP contribution in [0.1, 0.15) is 98.1 Å². The van der Waals surface area contributed by atoms with Gasteiger partial charge in [0.25, 0.3) is 0 Å². The van der Waals surface area contributed by atoms with Gasteiger partial charge in [-0.15, -0.1) is 0 Å². The number of nitrogens with zero attached hydrogens (tertiary/aromatic N) is 3. The van der Waals surface area contributed by atoms with E-state index in [0.29, 0.717) is 62.7 Å². The number of aliphatic hydroxyl groups excluding tert-OH is 1. The number of carbonyl (C=O) groups excluding carboxylic acids is 4. The topological polar surface area (TPSA) is 148 Å². The predicted molar refractivity (Wildman–Crippen MR) is 167 cm³/mol. The van der Waals surface area contributed by atoms with E-state index in [0.717, 1.165) is 19.3 Å². The van der Waals surface area contributed by atoms with E-state index < -0.39 is 29.1 Å². The summed E-state index contributed by atoms with van der Waals surface area (Å²) in [5.74, 6) is -0.317. The zero-order valence-corrected chi connectivity index (χ0v) is 27.8. The monoisotopic (exact) mass is 632 g/mol. The number of aliphatic hydroxyl groups is 1. The lowest BCUT2D eigenvalue weighted by atomic mass is 9.91. The third-order valence-corrected chi connectivity index (χ3v) is 7.78. The minimum Gasteiger partial charge on any atom is -0.490 e. The molecule has 2 aliphatic heterocycles. The smallest absolute Gasteiger partial charge is 0.410 e. The molecule has 1 unspecified atom stereocenters. The van der Waals surface area contributed by atoms with Gasteiger partial charge in [-0.25, -0.2) is 4.79 Å². The Hall–Kier alpha value is -3.41. The molecule has 3 heterocycles. The summed E-state index contributed by atoms with van der Waals surface area (Å²) >= 11 is 0. The standard InChI is InChI=1S/C33H52N4O8/c1-32(2,3)44-29(40)19-27(25-18-26(21-34-20-25)43-17-16-38)35-30(41)24-8-7-13-37(22-24)28(39)10-9-23-11-14-36(15-12-23)31(42)45-33(4,5)6/h18,20-21,23-24,27,38H,7-17,19,22H2,1-6H3,(H,35,41)/t24?,27-/m0/s1. The normalized spacial score (nSPS) is 18.6. The number of esters is 1. The molecule has 12 nitrogen and oxygen atoms in total.